The van der Waals surface area contributed by atoms with Gasteiger partial charge in [0.15, 0.2) is 0 Å². The molecule has 1 aliphatic heterocycles. The Morgan fingerprint density at radius 1 is 1.40 bits per heavy atom. The van der Waals surface area contributed by atoms with Gasteiger partial charge in [0.25, 0.3) is 0 Å². The summed E-state index contributed by atoms with van der Waals surface area (Å²) in [6.07, 6.45) is 5.88. The highest BCUT2D eigenvalue weighted by Gasteiger charge is 2.30. The summed E-state index contributed by atoms with van der Waals surface area (Å²) in [6.45, 7) is 3.68. The van der Waals surface area contributed by atoms with Gasteiger partial charge in [-0.3, -0.25) is 0 Å². The summed E-state index contributed by atoms with van der Waals surface area (Å²) >= 11 is 0. The molecule has 0 aromatic heterocycles. The second-order valence-corrected chi connectivity index (χ2v) is 3.99. The molecule has 58 valence electrons. The maximum atomic E-state index is 3.46. The molecule has 0 bridgehead atoms. The molecule has 1 heterocycles. The number of nitrogens with one attached hydrogen (secondary N) is 1. The van der Waals surface area contributed by atoms with E-state index in [1.165, 1.54) is 32.2 Å². The molecule has 0 aromatic carbocycles. The van der Waals surface area contributed by atoms with Gasteiger partial charge in [-0.1, -0.05) is 6.92 Å². The number of hydrogen-bond donors (Lipinski definition) is 1. The Kier molecular flexibility index (Phi) is 1.69. The van der Waals surface area contributed by atoms with E-state index in [9.17, 15) is 0 Å². The van der Waals surface area contributed by atoms with Crippen molar-refractivity contribution in [2.24, 2.45) is 11.8 Å². The van der Waals surface area contributed by atoms with Crippen LogP contribution in [0.5, 0.6) is 0 Å². The van der Waals surface area contributed by atoms with E-state index in [2.05, 4.69) is 12.2 Å². The van der Waals surface area contributed by atoms with E-state index in [0.29, 0.717) is 0 Å². The predicted octanol–water partition coefficient (Wildman–Crippen LogP) is 1.78. The van der Waals surface area contributed by atoms with Gasteiger partial charge in [-0.25, -0.2) is 0 Å². The van der Waals surface area contributed by atoms with Gasteiger partial charge in [0.1, 0.15) is 0 Å². The molecule has 1 heteroatoms. The lowest BCUT2D eigenvalue weighted by molar-refractivity contribution is 0.292. The first-order chi connectivity index (χ1) is 4.86. The van der Waals surface area contributed by atoms with E-state index < -0.39 is 0 Å². The van der Waals surface area contributed by atoms with Gasteiger partial charge in [0.05, 0.1) is 0 Å². The van der Waals surface area contributed by atoms with Crippen LogP contribution in [0.3, 0.4) is 0 Å². The standard InChI is InChI=1S/C9H17N/c1-7(8-2-3-8)6-9-4-5-10-9/h7-10H,2-6H2,1H3. The molecule has 2 rings (SSSR count). The summed E-state index contributed by atoms with van der Waals surface area (Å²) in [5, 5.41) is 3.46. The van der Waals surface area contributed by atoms with Gasteiger partial charge < -0.3 is 5.32 Å². The lowest BCUT2D eigenvalue weighted by atomic mass is 9.92. The van der Waals surface area contributed by atoms with Gasteiger partial charge in [0.2, 0.25) is 0 Å². The minimum Gasteiger partial charge on any atom is -0.314 e. The summed E-state index contributed by atoms with van der Waals surface area (Å²) < 4.78 is 0. The van der Waals surface area contributed by atoms with Gasteiger partial charge in [-0.15, -0.1) is 0 Å². The molecule has 1 nitrogen and oxygen atoms in total. The molecule has 0 amide bonds. The Balaban J connectivity index is 1.67. The monoisotopic (exact) mass is 139 g/mol. The SMILES string of the molecule is CC(CC1CCN1)C1CC1. The van der Waals surface area contributed by atoms with Gasteiger partial charge >= 0.3 is 0 Å². The molecule has 1 aliphatic carbocycles. The fraction of sp³-hybridized carbons (Fsp3) is 1.00. The Morgan fingerprint density at radius 2 is 2.10 bits per heavy atom. The van der Waals surface area contributed by atoms with E-state index in [-0.39, 0.29) is 0 Å². The molecule has 1 saturated heterocycles. The lowest BCUT2D eigenvalue weighted by Gasteiger charge is -2.30. The average molecular weight is 139 g/mol. The van der Waals surface area contributed by atoms with Crippen molar-refractivity contribution in [2.45, 2.75) is 38.6 Å². The quantitative estimate of drug-likeness (QED) is 0.628. The van der Waals surface area contributed by atoms with Crippen molar-refractivity contribution < 1.29 is 0 Å². The smallest absolute Gasteiger partial charge is 0.00817 e. The van der Waals surface area contributed by atoms with Crippen molar-refractivity contribution in [3.8, 4) is 0 Å². The first kappa shape index (κ1) is 6.66. The molecule has 0 radical (unpaired) electrons. The Labute approximate surface area is 63.2 Å². The third-order valence-electron chi connectivity index (χ3n) is 3.01. The van der Waals surface area contributed by atoms with E-state index >= 15 is 0 Å². The van der Waals surface area contributed by atoms with Gasteiger partial charge in [0, 0.05) is 6.04 Å². The molecular weight excluding hydrogens is 122 g/mol. The van der Waals surface area contributed by atoms with Crippen molar-refractivity contribution in [1.82, 2.24) is 5.32 Å². The zero-order chi connectivity index (χ0) is 6.97. The van der Waals surface area contributed by atoms with E-state index in [0.717, 1.165) is 17.9 Å². The largest absolute Gasteiger partial charge is 0.314 e. The van der Waals surface area contributed by atoms with Crippen LogP contribution in [0.1, 0.15) is 32.6 Å². The highest BCUT2D eigenvalue weighted by molar-refractivity contribution is 4.85. The van der Waals surface area contributed by atoms with Crippen molar-refractivity contribution >= 4 is 0 Å². The maximum Gasteiger partial charge on any atom is 0.00817 e. The van der Waals surface area contributed by atoms with Crippen molar-refractivity contribution in [1.29, 1.82) is 0 Å². The number of rotatable bonds is 3. The first-order valence-corrected chi connectivity index (χ1v) is 4.59. The van der Waals surface area contributed by atoms with Crippen LogP contribution < -0.4 is 5.32 Å². The molecule has 1 N–H and O–H groups in total. The summed E-state index contributed by atoms with van der Waals surface area (Å²) in [6, 6.07) is 0.885. The lowest BCUT2D eigenvalue weighted by Crippen LogP contribution is -2.43. The minimum atomic E-state index is 0.885. The Bertz CT molecular complexity index is 114. The summed E-state index contributed by atoms with van der Waals surface area (Å²) in [7, 11) is 0. The summed E-state index contributed by atoms with van der Waals surface area (Å²) in [5.41, 5.74) is 0. The van der Waals surface area contributed by atoms with Crippen LogP contribution in [-0.4, -0.2) is 12.6 Å². The Hall–Kier alpha value is -0.0400. The molecule has 0 aromatic rings. The second kappa shape index (κ2) is 2.54. The van der Waals surface area contributed by atoms with Crippen molar-refractivity contribution in [3.05, 3.63) is 0 Å². The fourth-order valence-corrected chi connectivity index (χ4v) is 1.86. The zero-order valence-electron chi connectivity index (χ0n) is 6.77. The first-order valence-electron chi connectivity index (χ1n) is 4.59. The number of hydrogen-bond acceptors (Lipinski definition) is 1. The highest BCUT2D eigenvalue weighted by atomic mass is 15.0. The third-order valence-corrected chi connectivity index (χ3v) is 3.01. The third kappa shape index (κ3) is 1.34. The average Bonchev–Trinajstić information content (AvgIpc) is 2.58. The molecule has 2 unspecified atom stereocenters. The Morgan fingerprint density at radius 3 is 2.50 bits per heavy atom. The summed E-state index contributed by atoms with van der Waals surface area (Å²) in [4.78, 5) is 0. The van der Waals surface area contributed by atoms with E-state index in [1.54, 1.807) is 0 Å². The van der Waals surface area contributed by atoms with Crippen molar-refractivity contribution in [2.75, 3.05) is 6.54 Å². The molecule has 10 heavy (non-hydrogen) atoms. The highest BCUT2D eigenvalue weighted by Crippen LogP contribution is 2.39. The molecule has 2 fully saturated rings. The fourth-order valence-electron chi connectivity index (χ4n) is 1.86. The van der Waals surface area contributed by atoms with Crippen LogP contribution in [0.2, 0.25) is 0 Å². The van der Waals surface area contributed by atoms with E-state index in [1.807, 2.05) is 0 Å². The molecule has 2 aliphatic rings. The van der Waals surface area contributed by atoms with Crippen LogP contribution in [-0.2, 0) is 0 Å². The van der Waals surface area contributed by atoms with E-state index in [4.69, 9.17) is 0 Å². The summed E-state index contributed by atoms with van der Waals surface area (Å²) in [5.74, 6) is 2.10. The van der Waals surface area contributed by atoms with Crippen LogP contribution in [0.15, 0.2) is 0 Å². The van der Waals surface area contributed by atoms with Gasteiger partial charge in [-0.05, 0) is 44.1 Å². The molecule has 1 saturated carbocycles. The predicted molar refractivity (Wildman–Crippen MR) is 42.9 cm³/mol. The minimum absolute atomic E-state index is 0.885. The van der Waals surface area contributed by atoms with Crippen LogP contribution in [0, 0.1) is 11.8 Å². The molecule has 0 spiro atoms. The van der Waals surface area contributed by atoms with Crippen molar-refractivity contribution in [3.63, 3.8) is 0 Å². The maximum absolute atomic E-state index is 3.46. The normalized spacial score (nSPS) is 35.1. The van der Waals surface area contributed by atoms with Crippen LogP contribution in [0.25, 0.3) is 0 Å². The van der Waals surface area contributed by atoms with Crippen LogP contribution >= 0.6 is 0 Å². The second-order valence-electron chi connectivity index (χ2n) is 3.99. The zero-order valence-corrected chi connectivity index (χ0v) is 6.77. The van der Waals surface area contributed by atoms with Crippen LogP contribution in [0.4, 0.5) is 0 Å². The molecular formula is C9H17N. The topological polar surface area (TPSA) is 12.0 Å². The van der Waals surface area contributed by atoms with Gasteiger partial charge in [-0.2, -0.15) is 0 Å². The molecule has 2 atom stereocenters.